The van der Waals surface area contributed by atoms with Crippen LogP contribution in [0.25, 0.3) is 0 Å². The highest BCUT2D eigenvalue weighted by Gasteiger charge is 2.27. The van der Waals surface area contributed by atoms with Gasteiger partial charge in [-0.15, -0.1) is 0 Å². The number of carbonyl (C=O) groups excluding carboxylic acids is 1. The number of nitrogens with zero attached hydrogens (tertiary/aromatic N) is 1. The Kier molecular flexibility index (Phi) is 5.41. The summed E-state index contributed by atoms with van der Waals surface area (Å²) in [5.74, 6) is 6.68. The number of hydrogen-bond acceptors (Lipinski definition) is 2. The molecule has 3 heteroatoms. The minimum atomic E-state index is 0.105. The van der Waals surface area contributed by atoms with Crippen molar-refractivity contribution < 1.29 is 4.79 Å². The van der Waals surface area contributed by atoms with Crippen LogP contribution in [-0.2, 0) is 0 Å². The number of benzene rings is 1. The molecule has 3 nitrogen and oxygen atoms in total. The average Bonchev–Trinajstić information content (AvgIpc) is 3.29. The van der Waals surface area contributed by atoms with Crippen molar-refractivity contribution in [3.05, 3.63) is 34.9 Å². The molecule has 1 aromatic carbocycles. The second-order valence-corrected chi connectivity index (χ2v) is 5.75. The standard InChI is InChI=1S/C18H24N2O/c1-3-11-20(13-15-7-8-15)18(21)17-12-14(2)6-9-16(17)5-4-10-19/h6,9,12,15H,3,7-8,10-11,13,19H2,1-2H3. The summed E-state index contributed by atoms with van der Waals surface area (Å²) < 4.78 is 0. The summed E-state index contributed by atoms with van der Waals surface area (Å²) in [6, 6.07) is 5.85. The lowest BCUT2D eigenvalue weighted by Gasteiger charge is -2.23. The second-order valence-electron chi connectivity index (χ2n) is 5.75. The number of nitrogens with two attached hydrogens (primary N) is 1. The van der Waals surface area contributed by atoms with Gasteiger partial charge in [0.05, 0.1) is 12.1 Å². The van der Waals surface area contributed by atoms with Crippen molar-refractivity contribution >= 4 is 5.91 Å². The molecule has 1 aliphatic rings. The first-order valence-corrected chi connectivity index (χ1v) is 7.74. The van der Waals surface area contributed by atoms with Gasteiger partial charge < -0.3 is 10.6 Å². The number of rotatable bonds is 5. The first-order valence-electron chi connectivity index (χ1n) is 7.74. The van der Waals surface area contributed by atoms with Crippen LogP contribution in [0.2, 0.25) is 0 Å². The van der Waals surface area contributed by atoms with E-state index >= 15 is 0 Å². The van der Waals surface area contributed by atoms with Crippen LogP contribution >= 0.6 is 0 Å². The number of carbonyl (C=O) groups is 1. The first kappa shape index (κ1) is 15.6. The maximum absolute atomic E-state index is 12.9. The fourth-order valence-electron chi connectivity index (χ4n) is 2.42. The minimum Gasteiger partial charge on any atom is -0.338 e. The summed E-state index contributed by atoms with van der Waals surface area (Å²) in [5, 5.41) is 0. The zero-order valence-corrected chi connectivity index (χ0v) is 13.0. The molecule has 0 heterocycles. The van der Waals surface area contributed by atoms with Gasteiger partial charge in [-0.05, 0) is 44.2 Å². The highest BCUT2D eigenvalue weighted by atomic mass is 16.2. The van der Waals surface area contributed by atoms with Crippen molar-refractivity contribution in [3.63, 3.8) is 0 Å². The Bertz CT molecular complexity index is 564. The molecule has 0 spiro atoms. The van der Waals surface area contributed by atoms with Gasteiger partial charge >= 0.3 is 0 Å². The summed E-state index contributed by atoms with van der Waals surface area (Å²) >= 11 is 0. The van der Waals surface area contributed by atoms with E-state index in [0.717, 1.165) is 30.6 Å². The Labute approximate surface area is 127 Å². The van der Waals surface area contributed by atoms with Gasteiger partial charge in [0.15, 0.2) is 0 Å². The Morgan fingerprint density at radius 1 is 1.43 bits per heavy atom. The van der Waals surface area contributed by atoms with Gasteiger partial charge in [-0.25, -0.2) is 0 Å². The topological polar surface area (TPSA) is 46.3 Å². The van der Waals surface area contributed by atoms with E-state index < -0.39 is 0 Å². The molecule has 1 saturated carbocycles. The summed E-state index contributed by atoms with van der Waals surface area (Å²) in [5.41, 5.74) is 8.03. The van der Waals surface area contributed by atoms with Crippen molar-refractivity contribution in [3.8, 4) is 11.8 Å². The lowest BCUT2D eigenvalue weighted by molar-refractivity contribution is 0.0747. The Balaban J connectivity index is 2.27. The van der Waals surface area contributed by atoms with Crippen LogP contribution in [0.1, 0.15) is 47.7 Å². The van der Waals surface area contributed by atoms with E-state index in [1.807, 2.05) is 30.0 Å². The van der Waals surface area contributed by atoms with Crippen LogP contribution in [0.15, 0.2) is 18.2 Å². The van der Waals surface area contributed by atoms with E-state index in [0.29, 0.717) is 18.0 Å². The van der Waals surface area contributed by atoms with E-state index in [-0.39, 0.29) is 5.91 Å². The number of hydrogen-bond donors (Lipinski definition) is 1. The zero-order valence-electron chi connectivity index (χ0n) is 13.0. The summed E-state index contributed by atoms with van der Waals surface area (Å²) in [6.07, 6.45) is 3.48. The molecule has 1 amide bonds. The van der Waals surface area contributed by atoms with Gasteiger partial charge in [0.25, 0.3) is 5.91 Å². The van der Waals surface area contributed by atoms with Gasteiger partial charge in [0, 0.05) is 18.7 Å². The lowest BCUT2D eigenvalue weighted by atomic mass is 10.0. The number of aryl methyl sites for hydroxylation is 1. The molecule has 0 bridgehead atoms. The molecule has 0 aliphatic heterocycles. The molecule has 2 rings (SSSR count). The largest absolute Gasteiger partial charge is 0.338 e. The highest BCUT2D eigenvalue weighted by Crippen LogP contribution is 2.30. The molecular weight excluding hydrogens is 260 g/mol. The predicted octanol–water partition coefficient (Wildman–Crippen LogP) is 2.57. The summed E-state index contributed by atoms with van der Waals surface area (Å²) in [4.78, 5) is 14.8. The van der Waals surface area contributed by atoms with Crippen molar-refractivity contribution in [2.75, 3.05) is 19.6 Å². The highest BCUT2D eigenvalue weighted by molar-refractivity contribution is 5.97. The summed E-state index contributed by atoms with van der Waals surface area (Å²) in [6.45, 7) is 6.11. The fourth-order valence-corrected chi connectivity index (χ4v) is 2.42. The van der Waals surface area contributed by atoms with Crippen LogP contribution in [0.3, 0.4) is 0 Å². The maximum Gasteiger partial charge on any atom is 0.255 e. The molecule has 1 aliphatic carbocycles. The van der Waals surface area contributed by atoms with Crippen LogP contribution in [-0.4, -0.2) is 30.4 Å². The van der Waals surface area contributed by atoms with Gasteiger partial charge in [-0.2, -0.15) is 0 Å². The third-order valence-corrected chi connectivity index (χ3v) is 3.69. The molecule has 1 aromatic rings. The van der Waals surface area contributed by atoms with Crippen LogP contribution in [0.5, 0.6) is 0 Å². The SMILES string of the molecule is CCCN(CC1CC1)C(=O)c1cc(C)ccc1C#CCN. The summed E-state index contributed by atoms with van der Waals surface area (Å²) in [7, 11) is 0. The smallest absolute Gasteiger partial charge is 0.255 e. The minimum absolute atomic E-state index is 0.105. The van der Waals surface area contributed by atoms with Crippen LogP contribution in [0.4, 0.5) is 0 Å². The Morgan fingerprint density at radius 3 is 2.81 bits per heavy atom. The maximum atomic E-state index is 12.9. The molecule has 0 atom stereocenters. The average molecular weight is 284 g/mol. The van der Waals surface area contributed by atoms with E-state index in [4.69, 9.17) is 5.73 Å². The Morgan fingerprint density at radius 2 is 2.19 bits per heavy atom. The molecule has 2 N–H and O–H groups in total. The van der Waals surface area contributed by atoms with Gasteiger partial charge in [-0.3, -0.25) is 4.79 Å². The molecular formula is C18H24N2O. The quantitative estimate of drug-likeness (QED) is 0.845. The van der Waals surface area contributed by atoms with Gasteiger partial charge in [0.1, 0.15) is 0 Å². The van der Waals surface area contributed by atoms with Crippen molar-refractivity contribution in [1.82, 2.24) is 4.90 Å². The predicted molar refractivity (Wildman–Crippen MR) is 86.0 cm³/mol. The Hall–Kier alpha value is -1.79. The second kappa shape index (κ2) is 7.28. The molecule has 0 unspecified atom stereocenters. The van der Waals surface area contributed by atoms with Gasteiger partial charge in [-0.1, -0.05) is 30.4 Å². The van der Waals surface area contributed by atoms with E-state index in [1.165, 1.54) is 12.8 Å². The van der Waals surface area contributed by atoms with E-state index in [1.54, 1.807) is 0 Å². The zero-order chi connectivity index (χ0) is 15.2. The van der Waals surface area contributed by atoms with E-state index in [9.17, 15) is 4.79 Å². The monoisotopic (exact) mass is 284 g/mol. The van der Waals surface area contributed by atoms with Gasteiger partial charge in [0.2, 0.25) is 0 Å². The molecule has 0 radical (unpaired) electrons. The third kappa shape index (κ3) is 4.34. The van der Waals surface area contributed by atoms with Crippen molar-refractivity contribution in [1.29, 1.82) is 0 Å². The molecule has 112 valence electrons. The van der Waals surface area contributed by atoms with Crippen molar-refractivity contribution in [2.45, 2.75) is 33.1 Å². The fraction of sp³-hybridized carbons (Fsp3) is 0.500. The molecule has 1 fully saturated rings. The molecule has 0 saturated heterocycles. The third-order valence-electron chi connectivity index (χ3n) is 3.69. The molecule has 21 heavy (non-hydrogen) atoms. The lowest BCUT2D eigenvalue weighted by Crippen LogP contribution is -2.34. The van der Waals surface area contributed by atoms with Crippen LogP contribution in [0, 0.1) is 24.7 Å². The van der Waals surface area contributed by atoms with Crippen LogP contribution < -0.4 is 5.73 Å². The van der Waals surface area contributed by atoms with Crippen molar-refractivity contribution in [2.24, 2.45) is 11.7 Å². The first-order chi connectivity index (χ1) is 10.2. The normalized spacial score (nSPS) is 13.5. The molecule has 0 aromatic heterocycles. The number of amides is 1. The van der Waals surface area contributed by atoms with E-state index in [2.05, 4.69) is 18.8 Å².